The summed E-state index contributed by atoms with van der Waals surface area (Å²) in [4.78, 5) is 5.70. The summed E-state index contributed by atoms with van der Waals surface area (Å²) in [6, 6.07) is 20.2. The van der Waals surface area contributed by atoms with Crippen LogP contribution in [-0.2, 0) is 0 Å². The first-order valence-corrected chi connectivity index (χ1v) is 7.12. The Labute approximate surface area is 122 Å². The molecule has 0 aliphatic heterocycles. The zero-order chi connectivity index (χ0) is 13.9. The van der Waals surface area contributed by atoms with Crippen LogP contribution < -0.4 is 0 Å². The number of rotatable bonds is 2. The highest BCUT2D eigenvalue weighted by molar-refractivity contribution is 7.99. The van der Waals surface area contributed by atoms with Crippen LogP contribution in [0, 0.1) is 18.3 Å². The van der Waals surface area contributed by atoms with E-state index in [1.54, 1.807) is 0 Å². The van der Waals surface area contributed by atoms with Gasteiger partial charge in [0.15, 0.2) is 0 Å². The predicted molar refractivity (Wildman–Crippen MR) is 81.8 cm³/mol. The van der Waals surface area contributed by atoms with Crippen LogP contribution in [0.2, 0.25) is 0 Å². The minimum atomic E-state index is 0.620. The van der Waals surface area contributed by atoms with E-state index in [4.69, 9.17) is 0 Å². The van der Waals surface area contributed by atoms with Crippen LogP contribution in [0.5, 0.6) is 0 Å². The van der Waals surface area contributed by atoms with E-state index in [0.717, 1.165) is 20.8 Å². The molecule has 0 saturated heterocycles. The molecule has 0 spiro atoms. The number of nitrogens with zero attached hydrogens (tertiary/aromatic N) is 2. The third kappa shape index (κ3) is 2.52. The van der Waals surface area contributed by atoms with Crippen LogP contribution in [0.1, 0.15) is 11.1 Å². The molecule has 1 aromatic heterocycles. The molecule has 20 heavy (non-hydrogen) atoms. The summed E-state index contributed by atoms with van der Waals surface area (Å²) in [7, 11) is 0. The molecule has 3 aromatic rings. The topological polar surface area (TPSA) is 36.7 Å². The van der Waals surface area contributed by atoms with E-state index in [0.29, 0.717) is 5.56 Å². The SMILES string of the molecule is Cc1ccc(Sc2nc3ccccc3cc2C#N)cc1. The molecule has 0 unspecified atom stereocenters. The van der Waals surface area contributed by atoms with E-state index >= 15 is 0 Å². The molecule has 0 aliphatic rings. The van der Waals surface area contributed by atoms with Crippen molar-refractivity contribution in [2.75, 3.05) is 0 Å². The van der Waals surface area contributed by atoms with Crippen LogP contribution in [0.25, 0.3) is 10.9 Å². The lowest BCUT2D eigenvalue weighted by Crippen LogP contribution is -1.88. The van der Waals surface area contributed by atoms with Gasteiger partial charge < -0.3 is 0 Å². The number of benzene rings is 2. The Hall–Kier alpha value is -2.31. The number of hydrogen-bond donors (Lipinski definition) is 0. The summed E-state index contributed by atoms with van der Waals surface area (Å²) in [5.74, 6) is 0. The van der Waals surface area contributed by atoms with Crippen LogP contribution in [0.4, 0.5) is 0 Å². The van der Waals surface area contributed by atoms with E-state index in [1.807, 2.05) is 30.3 Å². The monoisotopic (exact) mass is 276 g/mol. The Kier molecular flexibility index (Phi) is 3.41. The lowest BCUT2D eigenvalue weighted by Gasteiger charge is -2.05. The molecular formula is C17H12N2S. The van der Waals surface area contributed by atoms with Gasteiger partial charge in [-0.05, 0) is 31.2 Å². The maximum absolute atomic E-state index is 9.30. The van der Waals surface area contributed by atoms with Gasteiger partial charge in [0, 0.05) is 10.3 Å². The highest BCUT2D eigenvalue weighted by Crippen LogP contribution is 2.30. The minimum Gasteiger partial charge on any atom is -0.240 e. The summed E-state index contributed by atoms with van der Waals surface area (Å²) in [5.41, 5.74) is 2.76. The second kappa shape index (κ2) is 5.36. The quantitative estimate of drug-likeness (QED) is 0.688. The lowest BCUT2D eigenvalue weighted by atomic mass is 10.2. The smallest absolute Gasteiger partial charge is 0.119 e. The van der Waals surface area contributed by atoms with E-state index < -0.39 is 0 Å². The Balaban J connectivity index is 2.06. The molecule has 0 radical (unpaired) electrons. The highest BCUT2D eigenvalue weighted by atomic mass is 32.2. The highest BCUT2D eigenvalue weighted by Gasteiger charge is 2.08. The van der Waals surface area contributed by atoms with Gasteiger partial charge in [0.05, 0.1) is 11.1 Å². The second-order valence-corrected chi connectivity index (χ2v) is 5.62. The maximum atomic E-state index is 9.30. The van der Waals surface area contributed by atoms with Crippen LogP contribution in [0.15, 0.2) is 64.5 Å². The van der Waals surface area contributed by atoms with Crippen LogP contribution in [0.3, 0.4) is 0 Å². The van der Waals surface area contributed by atoms with Gasteiger partial charge in [-0.15, -0.1) is 0 Å². The number of aryl methyl sites for hydroxylation is 1. The first-order chi connectivity index (χ1) is 9.76. The molecule has 0 atom stereocenters. The first-order valence-electron chi connectivity index (χ1n) is 6.31. The minimum absolute atomic E-state index is 0.620. The average molecular weight is 276 g/mol. The number of aromatic nitrogens is 1. The fourth-order valence-corrected chi connectivity index (χ4v) is 2.83. The van der Waals surface area contributed by atoms with Crippen LogP contribution in [-0.4, -0.2) is 4.98 Å². The molecule has 3 rings (SSSR count). The molecule has 0 fully saturated rings. The number of nitriles is 1. The molecule has 0 bridgehead atoms. The molecule has 0 N–H and O–H groups in total. The normalized spacial score (nSPS) is 10.4. The van der Waals surface area contributed by atoms with Gasteiger partial charge in [-0.25, -0.2) is 4.98 Å². The standard InChI is InChI=1S/C17H12N2S/c1-12-6-8-15(9-7-12)20-17-14(11-18)10-13-4-2-3-5-16(13)19-17/h2-10H,1H3. The van der Waals surface area contributed by atoms with Gasteiger partial charge in [0.2, 0.25) is 0 Å². The van der Waals surface area contributed by atoms with Gasteiger partial charge in [0.25, 0.3) is 0 Å². The van der Waals surface area contributed by atoms with E-state index in [9.17, 15) is 5.26 Å². The second-order valence-electron chi connectivity index (χ2n) is 4.56. The van der Waals surface area contributed by atoms with Crippen molar-refractivity contribution in [3.63, 3.8) is 0 Å². The molecule has 1 heterocycles. The zero-order valence-corrected chi connectivity index (χ0v) is 11.8. The van der Waals surface area contributed by atoms with Crippen molar-refractivity contribution >= 4 is 22.7 Å². The van der Waals surface area contributed by atoms with Crippen molar-refractivity contribution in [2.24, 2.45) is 0 Å². The Bertz CT molecular complexity index is 801. The summed E-state index contributed by atoms with van der Waals surface area (Å²) < 4.78 is 0. The number of para-hydroxylation sites is 1. The van der Waals surface area contributed by atoms with E-state index in [-0.39, 0.29) is 0 Å². The van der Waals surface area contributed by atoms with Gasteiger partial charge in [-0.3, -0.25) is 0 Å². The molecule has 0 aliphatic carbocycles. The summed E-state index contributed by atoms with van der Waals surface area (Å²) in [6.45, 7) is 2.06. The molecule has 0 amide bonds. The van der Waals surface area contributed by atoms with E-state index in [2.05, 4.69) is 42.2 Å². The van der Waals surface area contributed by atoms with Gasteiger partial charge >= 0.3 is 0 Å². The van der Waals surface area contributed by atoms with Crippen molar-refractivity contribution in [3.05, 3.63) is 65.7 Å². The summed E-state index contributed by atoms with van der Waals surface area (Å²) in [5, 5.41) is 11.1. The maximum Gasteiger partial charge on any atom is 0.119 e. The number of hydrogen-bond acceptors (Lipinski definition) is 3. The largest absolute Gasteiger partial charge is 0.240 e. The summed E-state index contributed by atoms with van der Waals surface area (Å²) in [6.07, 6.45) is 0. The first kappa shape index (κ1) is 12.7. The van der Waals surface area contributed by atoms with Crippen molar-refractivity contribution in [1.29, 1.82) is 5.26 Å². The Morgan fingerprint density at radius 2 is 1.80 bits per heavy atom. The van der Waals surface area contributed by atoms with Crippen LogP contribution >= 0.6 is 11.8 Å². The predicted octanol–water partition coefficient (Wildman–Crippen LogP) is 4.57. The number of pyridine rings is 1. The third-order valence-electron chi connectivity index (χ3n) is 3.04. The molecule has 0 saturated carbocycles. The molecule has 96 valence electrons. The summed E-state index contributed by atoms with van der Waals surface area (Å²) >= 11 is 1.53. The Morgan fingerprint density at radius 1 is 1.05 bits per heavy atom. The van der Waals surface area contributed by atoms with Crippen molar-refractivity contribution < 1.29 is 0 Å². The molecule has 3 heteroatoms. The molecule has 2 aromatic carbocycles. The molecular weight excluding hydrogens is 264 g/mol. The van der Waals surface area contributed by atoms with Gasteiger partial charge in [-0.1, -0.05) is 47.7 Å². The molecule has 2 nitrogen and oxygen atoms in total. The van der Waals surface area contributed by atoms with Crippen molar-refractivity contribution in [1.82, 2.24) is 4.98 Å². The fourth-order valence-electron chi connectivity index (χ4n) is 1.97. The lowest BCUT2D eigenvalue weighted by molar-refractivity contribution is 1.16. The third-order valence-corrected chi connectivity index (χ3v) is 4.06. The van der Waals surface area contributed by atoms with Crippen molar-refractivity contribution in [3.8, 4) is 6.07 Å². The zero-order valence-electron chi connectivity index (χ0n) is 11.0. The number of fused-ring (bicyclic) bond motifs is 1. The van der Waals surface area contributed by atoms with Gasteiger partial charge in [0.1, 0.15) is 11.1 Å². The van der Waals surface area contributed by atoms with Gasteiger partial charge in [-0.2, -0.15) is 5.26 Å². The van der Waals surface area contributed by atoms with Crippen molar-refractivity contribution in [2.45, 2.75) is 16.8 Å². The van der Waals surface area contributed by atoms with E-state index in [1.165, 1.54) is 17.3 Å². The average Bonchev–Trinajstić information content (AvgIpc) is 2.49. The fraction of sp³-hybridized carbons (Fsp3) is 0.0588. The Morgan fingerprint density at radius 3 is 2.55 bits per heavy atom.